The lowest BCUT2D eigenvalue weighted by atomic mass is 9.95. The molecule has 0 aromatic heterocycles. The number of rotatable bonds is 8. The van der Waals surface area contributed by atoms with Crippen LogP contribution in [0.4, 0.5) is 0 Å². The molecule has 1 saturated heterocycles. The second kappa shape index (κ2) is 8.06. The fourth-order valence-electron chi connectivity index (χ4n) is 2.24. The van der Waals surface area contributed by atoms with Crippen molar-refractivity contribution in [2.45, 2.75) is 40.0 Å². The first-order valence-corrected chi connectivity index (χ1v) is 7.15. The van der Waals surface area contributed by atoms with Gasteiger partial charge in [0.1, 0.15) is 0 Å². The number of hydrogen-bond acceptors (Lipinski definition) is 3. The van der Waals surface area contributed by atoms with Crippen LogP contribution in [0, 0.1) is 5.41 Å². The van der Waals surface area contributed by atoms with E-state index in [-0.39, 0.29) is 5.41 Å². The number of nitrogens with one attached hydrogen (secondary N) is 1. The van der Waals surface area contributed by atoms with Gasteiger partial charge in [-0.25, -0.2) is 0 Å². The zero-order chi connectivity index (χ0) is 12.6. The van der Waals surface area contributed by atoms with Crippen LogP contribution in [-0.2, 0) is 4.74 Å². The number of hydrogen-bond donors (Lipinski definition) is 1. The summed E-state index contributed by atoms with van der Waals surface area (Å²) in [6.07, 6.45) is 4.14. The highest BCUT2D eigenvalue weighted by Crippen LogP contribution is 2.14. The molecule has 0 unspecified atom stereocenters. The van der Waals surface area contributed by atoms with E-state index in [1.807, 2.05) is 0 Å². The summed E-state index contributed by atoms with van der Waals surface area (Å²) < 4.78 is 5.82. The SMILES string of the molecule is CCNCC(C)(C)COCCN1CCCCC1. The van der Waals surface area contributed by atoms with Gasteiger partial charge in [0.05, 0.1) is 13.2 Å². The van der Waals surface area contributed by atoms with Gasteiger partial charge in [-0.3, -0.25) is 0 Å². The predicted molar refractivity (Wildman–Crippen MR) is 73.4 cm³/mol. The average molecular weight is 242 g/mol. The van der Waals surface area contributed by atoms with Crippen molar-refractivity contribution in [3.63, 3.8) is 0 Å². The van der Waals surface area contributed by atoms with Crippen LogP contribution in [-0.4, -0.2) is 50.8 Å². The maximum Gasteiger partial charge on any atom is 0.0593 e. The van der Waals surface area contributed by atoms with Crippen LogP contribution >= 0.6 is 0 Å². The van der Waals surface area contributed by atoms with E-state index in [1.165, 1.54) is 32.4 Å². The van der Waals surface area contributed by atoms with Crippen LogP contribution < -0.4 is 5.32 Å². The second-order valence-electron chi connectivity index (χ2n) is 5.90. The molecule has 0 aromatic rings. The molecule has 0 amide bonds. The van der Waals surface area contributed by atoms with E-state index in [1.54, 1.807) is 0 Å². The second-order valence-corrected chi connectivity index (χ2v) is 5.90. The Kier molecular flexibility index (Phi) is 7.09. The van der Waals surface area contributed by atoms with Gasteiger partial charge in [0.25, 0.3) is 0 Å². The van der Waals surface area contributed by atoms with Crippen LogP contribution in [0.3, 0.4) is 0 Å². The first-order valence-electron chi connectivity index (χ1n) is 7.15. The van der Waals surface area contributed by atoms with Gasteiger partial charge in [-0.15, -0.1) is 0 Å². The van der Waals surface area contributed by atoms with Crippen molar-refractivity contribution in [3.05, 3.63) is 0 Å². The highest BCUT2D eigenvalue weighted by Gasteiger charge is 2.17. The largest absolute Gasteiger partial charge is 0.380 e. The molecule has 1 aliphatic rings. The number of nitrogens with zero attached hydrogens (tertiary/aromatic N) is 1. The summed E-state index contributed by atoms with van der Waals surface area (Å²) in [6.45, 7) is 14.1. The van der Waals surface area contributed by atoms with Crippen molar-refractivity contribution in [3.8, 4) is 0 Å². The van der Waals surface area contributed by atoms with Crippen molar-refractivity contribution < 1.29 is 4.74 Å². The smallest absolute Gasteiger partial charge is 0.0593 e. The van der Waals surface area contributed by atoms with E-state index in [9.17, 15) is 0 Å². The van der Waals surface area contributed by atoms with Gasteiger partial charge in [-0.1, -0.05) is 27.2 Å². The van der Waals surface area contributed by atoms with Gasteiger partial charge in [-0.05, 0) is 32.5 Å². The molecule has 1 aliphatic heterocycles. The Hall–Kier alpha value is -0.120. The van der Waals surface area contributed by atoms with Gasteiger partial charge >= 0.3 is 0 Å². The lowest BCUT2D eigenvalue weighted by Gasteiger charge is -2.28. The summed E-state index contributed by atoms with van der Waals surface area (Å²) in [6, 6.07) is 0. The number of likely N-dealkylation sites (tertiary alicyclic amines) is 1. The third kappa shape index (κ3) is 7.02. The Morgan fingerprint density at radius 3 is 2.53 bits per heavy atom. The van der Waals surface area contributed by atoms with Crippen LogP contribution in [0.25, 0.3) is 0 Å². The molecule has 1 fully saturated rings. The molecule has 0 bridgehead atoms. The molecule has 3 heteroatoms. The van der Waals surface area contributed by atoms with Gasteiger partial charge in [0, 0.05) is 18.5 Å². The summed E-state index contributed by atoms with van der Waals surface area (Å²) >= 11 is 0. The van der Waals surface area contributed by atoms with E-state index in [2.05, 4.69) is 31.0 Å². The Balaban J connectivity index is 2.02. The highest BCUT2D eigenvalue weighted by atomic mass is 16.5. The molecule has 1 rings (SSSR count). The van der Waals surface area contributed by atoms with Gasteiger partial charge in [-0.2, -0.15) is 0 Å². The van der Waals surface area contributed by atoms with E-state index in [0.717, 1.165) is 32.8 Å². The standard InChI is InChI=1S/C14H30N2O/c1-4-15-12-14(2,3)13-17-11-10-16-8-6-5-7-9-16/h15H,4-13H2,1-3H3. The molecular weight excluding hydrogens is 212 g/mol. The zero-order valence-electron chi connectivity index (χ0n) is 11.9. The third-order valence-corrected chi connectivity index (χ3v) is 3.35. The first kappa shape index (κ1) is 14.9. The maximum atomic E-state index is 5.82. The first-order chi connectivity index (χ1) is 8.14. The van der Waals surface area contributed by atoms with Gasteiger partial charge in [0.2, 0.25) is 0 Å². The third-order valence-electron chi connectivity index (χ3n) is 3.35. The minimum atomic E-state index is 0.248. The molecule has 1 heterocycles. The van der Waals surface area contributed by atoms with E-state index in [0.29, 0.717) is 0 Å². The summed E-state index contributed by atoms with van der Waals surface area (Å²) in [5.41, 5.74) is 0.248. The van der Waals surface area contributed by atoms with Crippen LogP contribution in [0.1, 0.15) is 40.0 Å². The molecule has 0 aliphatic carbocycles. The fourth-order valence-corrected chi connectivity index (χ4v) is 2.24. The predicted octanol–water partition coefficient (Wildman–Crippen LogP) is 2.12. The topological polar surface area (TPSA) is 24.5 Å². The van der Waals surface area contributed by atoms with Crippen LogP contribution in [0.2, 0.25) is 0 Å². The Labute approximate surface area is 107 Å². The molecule has 17 heavy (non-hydrogen) atoms. The molecule has 0 radical (unpaired) electrons. The normalized spacial score (nSPS) is 18.5. The minimum Gasteiger partial charge on any atom is -0.380 e. The molecule has 3 nitrogen and oxygen atoms in total. The molecule has 0 aromatic carbocycles. The quantitative estimate of drug-likeness (QED) is 0.660. The summed E-state index contributed by atoms with van der Waals surface area (Å²) in [5, 5.41) is 3.39. The maximum absolute atomic E-state index is 5.82. The Bertz CT molecular complexity index is 189. The minimum absolute atomic E-state index is 0.248. The summed E-state index contributed by atoms with van der Waals surface area (Å²) in [7, 11) is 0. The number of piperidine rings is 1. The van der Waals surface area contributed by atoms with E-state index in [4.69, 9.17) is 4.74 Å². The van der Waals surface area contributed by atoms with Crippen LogP contribution in [0.5, 0.6) is 0 Å². The Morgan fingerprint density at radius 2 is 1.88 bits per heavy atom. The lowest BCUT2D eigenvalue weighted by Crippen LogP contribution is -2.36. The van der Waals surface area contributed by atoms with Crippen molar-refractivity contribution in [1.29, 1.82) is 0 Å². The molecule has 1 N–H and O–H groups in total. The van der Waals surface area contributed by atoms with Gasteiger partial charge < -0.3 is 15.0 Å². The molecular formula is C14H30N2O. The van der Waals surface area contributed by atoms with Crippen LogP contribution in [0.15, 0.2) is 0 Å². The highest BCUT2D eigenvalue weighted by molar-refractivity contribution is 4.71. The molecule has 0 saturated carbocycles. The van der Waals surface area contributed by atoms with Gasteiger partial charge in [0.15, 0.2) is 0 Å². The van der Waals surface area contributed by atoms with Crippen molar-refractivity contribution in [2.24, 2.45) is 5.41 Å². The molecule has 0 atom stereocenters. The summed E-state index contributed by atoms with van der Waals surface area (Å²) in [4.78, 5) is 2.53. The molecule has 0 spiro atoms. The number of ether oxygens (including phenoxy) is 1. The fraction of sp³-hybridized carbons (Fsp3) is 1.00. The Morgan fingerprint density at radius 1 is 1.18 bits per heavy atom. The summed E-state index contributed by atoms with van der Waals surface area (Å²) in [5.74, 6) is 0. The zero-order valence-corrected chi connectivity index (χ0v) is 11.9. The molecule has 102 valence electrons. The van der Waals surface area contributed by atoms with Crippen molar-refractivity contribution in [2.75, 3.05) is 45.9 Å². The lowest BCUT2D eigenvalue weighted by molar-refractivity contribution is 0.0445. The van der Waals surface area contributed by atoms with E-state index < -0.39 is 0 Å². The van der Waals surface area contributed by atoms with Crippen molar-refractivity contribution in [1.82, 2.24) is 10.2 Å². The van der Waals surface area contributed by atoms with E-state index >= 15 is 0 Å². The van der Waals surface area contributed by atoms with Crippen molar-refractivity contribution >= 4 is 0 Å². The monoisotopic (exact) mass is 242 g/mol. The average Bonchev–Trinajstić information content (AvgIpc) is 2.34.